The average Bonchev–Trinajstić information content (AvgIpc) is 2.75. The van der Waals surface area contributed by atoms with E-state index in [1.54, 1.807) is 0 Å². The van der Waals surface area contributed by atoms with E-state index in [2.05, 4.69) is 25.6 Å². The molecule has 24 heavy (non-hydrogen) atoms. The Balaban J connectivity index is 2.00. The summed E-state index contributed by atoms with van der Waals surface area (Å²) in [5, 5.41) is 9.91. The number of nitrogens with zero attached hydrogens (tertiary/aromatic N) is 2. The van der Waals surface area contributed by atoms with Gasteiger partial charge in [0.25, 0.3) is 0 Å². The Labute approximate surface area is 140 Å². The molecule has 1 aromatic heterocycles. The van der Waals surface area contributed by atoms with E-state index in [9.17, 15) is 19.4 Å². The van der Waals surface area contributed by atoms with E-state index in [4.69, 9.17) is 20.3 Å². The molecule has 2 heterocycles. The normalized spacial score (nSPS) is 27.1. The molecule has 1 fully saturated rings. The number of anilines is 1. The highest BCUT2D eigenvalue weighted by Crippen LogP contribution is 2.57. The lowest BCUT2D eigenvalue weighted by atomic mass is 10.2. The number of phosphoric acid groups is 1. The van der Waals surface area contributed by atoms with Gasteiger partial charge in [0.1, 0.15) is 18.1 Å². The van der Waals surface area contributed by atoms with Crippen molar-refractivity contribution in [3.63, 3.8) is 0 Å². The maximum Gasteiger partial charge on any atom is 0.479 e. The van der Waals surface area contributed by atoms with E-state index in [0.29, 0.717) is 0 Å². The third kappa shape index (κ3) is 5.39. The van der Waals surface area contributed by atoms with Gasteiger partial charge in [-0.1, -0.05) is 0 Å². The van der Waals surface area contributed by atoms with Gasteiger partial charge in [0, 0.05) is 12.6 Å². The Kier molecular flexibility index (Phi) is 5.93. The number of hydrogen-bond donors (Lipinski definition) is 5. The molecular weight excluding hydrogens is 388 g/mol. The smallest absolute Gasteiger partial charge is 0.390 e. The van der Waals surface area contributed by atoms with Crippen molar-refractivity contribution < 1.29 is 37.9 Å². The lowest BCUT2D eigenvalue weighted by Gasteiger charge is -2.19. The number of aliphatic hydroxyl groups is 1. The molecule has 1 aliphatic heterocycles. The molecule has 1 aromatic rings. The van der Waals surface area contributed by atoms with Crippen LogP contribution in [0.15, 0.2) is 17.1 Å². The number of ether oxygens (including phenoxy) is 1. The Morgan fingerprint density at radius 1 is 1.50 bits per heavy atom. The number of hydrogen-bond acceptors (Lipinski definition) is 9. The molecule has 1 unspecified atom stereocenters. The zero-order chi connectivity index (χ0) is 18.1. The fourth-order valence-electron chi connectivity index (χ4n) is 2.01. The third-order valence-electron chi connectivity index (χ3n) is 2.98. The SMILES string of the molecule is Nc1ccn([C@H]2C[C@H](O)[C@@H](COP(=O)(O)OP(O)(O)=S)O2)c(=O)n1. The van der Waals surface area contributed by atoms with Gasteiger partial charge in [-0.15, -0.1) is 0 Å². The molecule has 136 valence electrons. The van der Waals surface area contributed by atoms with Crippen LogP contribution >= 0.6 is 14.5 Å². The van der Waals surface area contributed by atoms with Crippen molar-refractivity contribution in [3.05, 3.63) is 22.7 Å². The summed E-state index contributed by atoms with van der Waals surface area (Å²) in [6.07, 6.45) is -1.74. The molecule has 0 saturated carbocycles. The van der Waals surface area contributed by atoms with Crippen LogP contribution in [0.25, 0.3) is 0 Å². The van der Waals surface area contributed by atoms with Crippen molar-refractivity contribution in [1.82, 2.24) is 9.55 Å². The zero-order valence-electron chi connectivity index (χ0n) is 11.9. The van der Waals surface area contributed by atoms with Crippen molar-refractivity contribution in [2.24, 2.45) is 0 Å². The van der Waals surface area contributed by atoms with E-state index in [1.807, 2.05) is 0 Å². The van der Waals surface area contributed by atoms with E-state index in [-0.39, 0.29) is 12.2 Å². The summed E-state index contributed by atoms with van der Waals surface area (Å²) >= 11 is 4.06. The molecule has 0 spiro atoms. The maximum atomic E-state index is 11.7. The Hall–Kier alpha value is -0.720. The number of aromatic nitrogens is 2. The van der Waals surface area contributed by atoms with Crippen LogP contribution in [0, 0.1) is 0 Å². The lowest BCUT2D eigenvalue weighted by molar-refractivity contribution is -0.0447. The molecule has 0 bridgehead atoms. The lowest BCUT2D eigenvalue weighted by Crippen LogP contribution is -2.28. The number of aliphatic hydroxyl groups excluding tert-OH is 1. The van der Waals surface area contributed by atoms with Gasteiger partial charge in [-0.25, -0.2) is 13.7 Å². The van der Waals surface area contributed by atoms with Crippen LogP contribution < -0.4 is 11.4 Å². The van der Waals surface area contributed by atoms with Crippen LogP contribution in [-0.2, 0) is 29.9 Å². The van der Waals surface area contributed by atoms with Crippen molar-refractivity contribution in [2.45, 2.75) is 24.9 Å². The molecule has 1 saturated heterocycles. The van der Waals surface area contributed by atoms with Gasteiger partial charge in [-0.05, 0) is 17.9 Å². The summed E-state index contributed by atoms with van der Waals surface area (Å²) in [5.41, 5.74) is 4.68. The largest absolute Gasteiger partial charge is 0.479 e. The Bertz CT molecular complexity index is 752. The second kappa shape index (κ2) is 7.26. The summed E-state index contributed by atoms with van der Waals surface area (Å²) in [6.45, 7) is -5.02. The van der Waals surface area contributed by atoms with Crippen LogP contribution in [0.4, 0.5) is 5.82 Å². The summed E-state index contributed by atoms with van der Waals surface area (Å²) in [4.78, 5) is 42.2. The fourth-order valence-corrected chi connectivity index (χ4v) is 4.36. The predicted octanol–water partition coefficient (Wildman–Crippen LogP) is -1.18. The molecule has 4 atom stereocenters. The van der Waals surface area contributed by atoms with E-state index in [1.165, 1.54) is 12.3 Å². The minimum Gasteiger partial charge on any atom is -0.390 e. The first-order chi connectivity index (χ1) is 11.0. The molecule has 0 aliphatic carbocycles. The number of nitrogens with two attached hydrogens (primary N) is 1. The summed E-state index contributed by atoms with van der Waals surface area (Å²) in [7, 11) is -4.84. The Morgan fingerprint density at radius 3 is 2.75 bits per heavy atom. The van der Waals surface area contributed by atoms with Gasteiger partial charge in [0.05, 0.1) is 12.7 Å². The predicted molar refractivity (Wildman–Crippen MR) is 83.0 cm³/mol. The number of rotatable bonds is 6. The van der Waals surface area contributed by atoms with Crippen molar-refractivity contribution in [2.75, 3.05) is 12.3 Å². The van der Waals surface area contributed by atoms with Crippen molar-refractivity contribution in [1.29, 1.82) is 0 Å². The minimum atomic E-state index is -4.84. The third-order valence-corrected chi connectivity index (χ3v) is 5.73. The highest BCUT2D eigenvalue weighted by molar-refractivity contribution is 8.08. The van der Waals surface area contributed by atoms with Gasteiger partial charge in [-0.2, -0.15) is 4.98 Å². The van der Waals surface area contributed by atoms with E-state index in [0.717, 1.165) is 4.57 Å². The van der Waals surface area contributed by atoms with Gasteiger partial charge in [-0.3, -0.25) is 9.09 Å². The standard InChI is InChI=1S/C9H15N3O9P2S/c10-7-1-2-12(9(14)11-7)8-3-5(13)6(20-8)4-19-22(15,16)21-23(17,18)24/h1-2,5-6,8,13H,3-4H2,(H,15,16)(H2,10,11,14)(H2,17,18,24)/t5-,6+,8+/m0/s1. The molecule has 0 aromatic carbocycles. The number of nitrogen functional groups attached to an aromatic ring is 1. The highest BCUT2D eigenvalue weighted by Gasteiger charge is 2.38. The molecule has 2 rings (SSSR count). The van der Waals surface area contributed by atoms with Crippen LogP contribution in [0.3, 0.4) is 0 Å². The fraction of sp³-hybridized carbons (Fsp3) is 0.556. The van der Waals surface area contributed by atoms with Crippen LogP contribution in [0.5, 0.6) is 0 Å². The minimum absolute atomic E-state index is 0.00586. The number of phosphoric ester groups is 1. The molecule has 15 heteroatoms. The molecule has 12 nitrogen and oxygen atoms in total. The van der Waals surface area contributed by atoms with Gasteiger partial charge in [0.15, 0.2) is 0 Å². The van der Waals surface area contributed by atoms with Crippen molar-refractivity contribution in [3.8, 4) is 0 Å². The Morgan fingerprint density at radius 2 is 2.17 bits per heavy atom. The second-order valence-electron chi connectivity index (χ2n) is 4.81. The first-order valence-electron chi connectivity index (χ1n) is 6.39. The van der Waals surface area contributed by atoms with Gasteiger partial charge in [0.2, 0.25) is 0 Å². The molecule has 0 amide bonds. The summed E-state index contributed by atoms with van der Waals surface area (Å²) in [6, 6.07) is 1.37. The zero-order valence-corrected chi connectivity index (χ0v) is 14.5. The highest BCUT2D eigenvalue weighted by atomic mass is 32.5. The van der Waals surface area contributed by atoms with Crippen molar-refractivity contribution >= 4 is 32.2 Å². The summed E-state index contributed by atoms with van der Waals surface area (Å²) < 4.78 is 26.4. The molecule has 1 aliphatic rings. The van der Waals surface area contributed by atoms with E-state index < -0.39 is 45.3 Å². The summed E-state index contributed by atoms with van der Waals surface area (Å²) in [5.74, 6) is 0.0248. The van der Waals surface area contributed by atoms with Gasteiger partial charge < -0.3 is 30.3 Å². The molecule has 0 radical (unpaired) electrons. The topological polar surface area (TPSA) is 187 Å². The van der Waals surface area contributed by atoms with Gasteiger partial charge >= 0.3 is 20.2 Å². The van der Waals surface area contributed by atoms with E-state index >= 15 is 0 Å². The monoisotopic (exact) mass is 403 g/mol. The molecular formula is C9H15N3O9P2S. The van der Waals surface area contributed by atoms with Crippen LogP contribution in [0.1, 0.15) is 12.6 Å². The maximum absolute atomic E-state index is 11.7. The first kappa shape index (κ1) is 19.6. The van der Waals surface area contributed by atoms with Crippen LogP contribution in [0.2, 0.25) is 0 Å². The second-order valence-corrected chi connectivity index (χ2v) is 9.07. The quantitative estimate of drug-likeness (QED) is 0.358. The first-order valence-corrected chi connectivity index (χ1v) is 10.5. The van der Waals surface area contributed by atoms with Crippen LogP contribution in [-0.4, -0.2) is 48.2 Å². The average molecular weight is 403 g/mol. The molecule has 6 N–H and O–H groups in total.